The van der Waals surface area contributed by atoms with Crippen molar-refractivity contribution in [3.63, 3.8) is 0 Å². The molecule has 0 bridgehead atoms. The van der Waals surface area contributed by atoms with Gasteiger partial charge in [0.1, 0.15) is 0 Å². The maximum Gasteiger partial charge on any atom is 0.416 e. The summed E-state index contributed by atoms with van der Waals surface area (Å²) in [7, 11) is 0. The highest BCUT2D eigenvalue weighted by Gasteiger charge is 2.31. The third-order valence-corrected chi connectivity index (χ3v) is 3.03. The maximum absolute atomic E-state index is 12.6. The quantitative estimate of drug-likeness (QED) is 0.840. The molecule has 0 unspecified atom stereocenters. The standard InChI is InChI=1S/C11H11BrF3NO.ClH/c12-9-4-7(10-6-17-2-1-16-10)3-8(5-9)11(13,14)15;/h3-5,10,16H,1-2,6H2;1H/t10-;/m0./s1. The van der Waals surface area contributed by atoms with E-state index in [0.717, 1.165) is 12.1 Å². The second kappa shape index (κ2) is 6.23. The normalized spacial score (nSPS) is 20.3. The zero-order chi connectivity index (χ0) is 12.5. The number of alkyl halides is 3. The van der Waals surface area contributed by atoms with Gasteiger partial charge < -0.3 is 10.1 Å². The fourth-order valence-corrected chi connectivity index (χ4v) is 2.27. The van der Waals surface area contributed by atoms with Gasteiger partial charge in [-0.25, -0.2) is 0 Å². The second-order valence-corrected chi connectivity index (χ2v) is 4.77. The van der Waals surface area contributed by atoms with E-state index in [-0.39, 0.29) is 18.4 Å². The Balaban J connectivity index is 0.00000162. The summed E-state index contributed by atoms with van der Waals surface area (Å²) in [6, 6.07) is 3.74. The Labute approximate surface area is 117 Å². The number of rotatable bonds is 1. The summed E-state index contributed by atoms with van der Waals surface area (Å²) in [5.41, 5.74) is -0.0550. The number of morpholine rings is 1. The molecule has 102 valence electrons. The maximum atomic E-state index is 12.6. The van der Waals surface area contributed by atoms with Crippen LogP contribution in [-0.4, -0.2) is 19.8 Å². The molecule has 2 nitrogen and oxygen atoms in total. The fourth-order valence-electron chi connectivity index (χ4n) is 1.76. The summed E-state index contributed by atoms with van der Waals surface area (Å²) < 4.78 is 43.6. The molecule has 2 rings (SSSR count). The molecular weight excluding hydrogens is 334 g/mol. The second-order valence-electron chi connectivity index (χ2n) is 3.85. The molecule has 7 heteroatoms. The Kier molecular flexibility index (Phi) is 5.46. The Morgan fingerprint density at radius 2 is 2.00 bits per heavy atom. The average molecular weight is 347 g/mol. The van der Waals surface area contributed by atoms with Crippen LogP contribution < -0.4 is 5.32 Å². The first kappa shape index (κ1) is 15.8. The van der Waals surface area contributed by atoms with Crippen molar-refractivity contribution in [2.24, 2.45) is 0 Å². The van der Waals surface area contributed by atoms with Gasteiger partial charge in [0.15, 0.2) is 0 Å². The van der Waals surface area contributed by atoms with Crippen LogP contribution in [0.5, 0.6) is 0 Å². The lowest BCUT2D eigenvalue weighted by molar-refractivity contribution is -0.137. The molecule has 0 amide bonds. The number of hydrogen-bond acceptors (Lipinski definition) is 2. The van der Waals surface area contributed by atoms with Crippen molar-refractivity contribution < 1.29 is 17.9 Å². The summed E-state index contributed by atoms with van der Waals surface area (Å²) in [6.45, 7) is 1.64. The van der Waals surface area contributed by atoms with E-state index in [2.05, 4.69) is 21.2 Å². The molecule has 1 aliphatic rings. The van der Waals surface area contributed by atoms with Gasteiger partial charge in [-0.05, 0) is 23.8 Å². The summed E-state index contributed by atoms with van der Waals surface area (Å²) in [5.74, 6) is 0. The number of halogens is 5. The number of ether oxygens (including phenoxy) is 1. The largest absolute Gasteiger partial charge is 0.416 e. The number of hydrogen-bond donors (Lipinski definition) is 1. The van der Waals surface area contributed by atoms with Crippen molar-refractivity contribution in [3.8, 4) is 0 Å². The van der Waals surface area contributed by atoms with Gasteiger partial charge in [0, 0.05) is 11.0 Å². The first-order valence-electron chi connectivity index (χ1n) is 5.15. The zero-order valence-electron chi connectivity index (χ0n) is 9.26. The van der Waals surface area contributed by atoms with Crippen molar-refractivity contribution in [1.29, 1.82) is 0 Å². The van der Waals surface area contributed by atoms with E-state index in [4.69, 9.17) is 4.74 Å². The molecular formula is C11H12BrClF3NO. The molecule has 1 heterocycles. The van der Waals surface area contributed by atoms with Crippen molar-refractivity contribution in [3.05, 3.63) is 33.8 Å². The number of nitrogens with one attached hydrogen (secondary N) is 1. The van der Waals surface area contributed by atoms with Gasteiger partial charge in [0.05, 0.1) is 24.8 Å². The highest BCUT2D eigenvalue weighted by atomic mass is 79.9. The predicted octanol–water partition coefficient (Wildman–Crippen LogP) is 3.55. The van der Waals surface area contributed by atoms with Gasteiger partial charge in [0.2, 0.25) is 0 Å². The highest BCUT2D eigenvalue weighted by molar-refractivity contribution is 9.10. The van der Waals surface area contributed by atoms with Gasteiger partial charge >= 0.3 is 6.18 Å². The van der Waals surface area contributed by atoms with Gasteiger partial charge in [-0.1, -0.05) is 15.9 Å². The lowest BCUT2D eigenvalue weighted by Gasteiger charge is -2.25. The SMILES string of the molecule is Cl.FC(F)(F)c1cc(Br)cc([C@@H]2COCCN2)c1. The van der Waals surface area contributed by atoms with Crippen molar-refractivity contribution in [1.82, 2.24) is 5.32 Å². The fraction of sp³-hybridized carbons (Fsp3) is 0.455. The highest BCUT2D eigenvalue weighted by Crippen LogP contribution is 2.33. The third-order valence-electron chi connectivity index (χ3n) is 2.57. The van der Waals surface area contributed by atoms with Crippen molar-refractivity contribution >= 4 is 28.3 Å². The van der Waals surface area contributed by atoms with E-state index < -0.39 is 11.7 Å². The molecule has 1 aromatic rings. The third kappa shape index (κ3) is 3.85. The van der Waals surface area contributed by atoms with Crippen LogP contribution in [0, 0.1) is 0 Å². The van der Waals surface area contributed by atoms with Crippen LogP contribution in [0.2, 0.25) is 0 Å². The lowest BCUT2D eigenvalue weighted by atomic mass is 10.0. The zero-order valence-corrected chi connectivity index (χ0v) is 11.7. The van der Waals surface area contributed by atoms with E-state index in [1.54, 1.807) is 6.07 Å². The summed E-state index contributed by atoms with van der Waals surface area (Å²) in [5, 5.41) is 3.13. The molecule has 0 aliphatic carbocycles. The first-order chi connectivity index (χ1) is 7.97. The molecule has 1 aromatic carbocycles. The molecule has 0 spiro atoms. The minimum absolute atomic E-state index is 0. The molecule has 1 atom stereocenters. The van der Waals surface area contributed by atoms with Crippen LogP contribution in [0.15, 0.2) is 22.7 Å². The minimum atomic E-state index is -4.33. The van der Waals surface area contributed by atoms with E-state index in [0.29, 0.717) is 29.8 Å². The summed E-state index contributed by atoms with van der Waals surface area (Å²) in [6.07, 6.45) is -4.33. The van der Waals surface area contributed by atoms with Crippen LogP contribution >= 0.6 is 28.3 Å². The molecule has 0 aromatic heterocycles. The monoisotopic (exact) mass is 345 g/mol. The van der Waals surface area contributed by atoms with E-state index in [1.165, 1.54) is 0 Å². The number of benzene rings is 1. The van der Waals surface area contributed by atoms with Crippen LogP contribution in [-0.2, 0) is 10.9 Å². The molecule has 18 heavy (non-hydrogen) atoms. The molecule has 1 aliphatic heterocycles. The molecule has 0 radical (unpaired) electrons. The van der Waals surface area contributed by atoms with Gasteiger partial charge in [-0.3, -0.25) is 0 Å². The Hall–Kier alpha value is -0.300. The van der Waals surface area contributed by atoms with Crippen LogP contribution in [0.1, 0.15) is 17.2 Å². The predicted molar refractivity (Wildman–Crippen MR) is 68.0 cm³/mol. The average Bonchev–Trinajstić information content (AvgIpc) is 2.28. The van der Waals surface area contributed by atoms with Crippen LogP contribution in [0.3, 0.4) is 0 Å². The topological polar surface area (TPSA) is 21.3 Å². The van der Waals surface area contributed by atoms with Crippen molar-refractivity contribution in [2.45, 2.75) is 12.2 Å². The molecule has 1 N–H and O–H groups in total. The molecule has 1 saturated heterocycles. The minimum Gasteiger partial charge on any atom is -0.378 e. The molecule has 0 saturated carbocycles. The Morgan fingerprint density at radius 1 is 1.28 bits per heavy atom. The van der Waals surface area contributed by atoms with Crippen LogP contribution in [0.25, 0.3) is 0 Å². The van der Waals surface area contributed by atoms with Gasteiger partial charge in [-0.2, -0.15) is 13.2 Å². The summed E-state index contributed by atoms with van der Waals surface area (Å²) in [4.78, 5) is 0. The van der Waals surface area contributed by atoms with E-state index >= 15 is 0 Å². The lowest BCUT2D eigenvalue weighted by Crippen LogP contribution is -2.34. The summed E-state index contributed by atoms with van der Waals surface area (Å²) >= 11 is 3.10. The first-order valence-corrected chi connectivity index (χ1v) is 5.95. The Morgan fingerprint density at radius 3 is 2.56 bits per heavy atom. The smallest absolute Gasteiger partial charge is 0.378 e. The van der Waals surface area contributed by atoms with Crippen molar-refractivity contribution in [2.75, 3.05) is 19.8 Å². The van der Waals surface area contributed by atoms with Crippen LogP contribution in [0.4, 0.5) is 13.2 Å². The molecule has 1 fully saturated rings. The van der Waals surface area contributed by atoms with E-state index in [9.17, 15) is 13.2 Å². The van der Waals surface area contributed by atoms with E-state index in [1.807, 2.05) is 0 Å². The van der Waals surface area contributed by atoms with Gasteiger partial charge in [0.25, 0.3) is 0 Å². The van der Waals surface area contributed by atoms with Gasteiger partial charge in [-0.15, -0.1) is 12.4 Å². The Bertz CT molecular complexity index is 408.